The lowest BCUT2D eigenvalue weighted by molar-refractivity contribution is -0.128. The lowest BCUT2D eigenvalue weighted by Crippen LogP contribution is -2.23. The molecule has 0 aliphatic carbocycles. The van der Waals surface area contributed by atoms with E-state index in [0.29, 0.717) is 17.9 Å². The van der Waals surface area contributed by atoms with E-state index in [-0.39, 0.29) is 18.4 Å². The maximum absolute atomic E-state index is 12.0. The third-order valence-electron chi connectivity index (χ3n) is 3.79. The molecule has 0 saturated heterocycles. The van der Waals surface area contributed by atoms with Gasteiger partial charge < -0.3 is 15.0 Å². The van der Waals surface area contributed by atoms with Gasteiger partial charge in [-0.25, -0.2) is 0 Å². The molecule has 5 nitrogen and oxygen atoms in total. The number of hydrogen-bond acceptors (Lipinski definition) is 3. The molecule has 0 bridgehead atoms. The highest BCUT2D eigenvalue weighted by atomic mass is 16.5. The molecular weight excluding hydrogens is 316 g/mol. The zero-order chi connectivity index (χ0) is 18.4. The second-order valence-electron chi connectivity index (χ2n) is 6.27. The lowest BCUT2D eigenvalue weighted by Gasteiger charge is -2.11. The van der Waals surface area contributed by atoms with Crippen molar-refractivity contribution in [2.75, 3.05) is 26.0 Å². The maximum Gasteiger partial charge on any atom is 0.262 e. The number of carbonyl (C=O) groups excluding carboxylic acids is 2. The molecule has 1 N–H and O–H groups in total. The number of amides is 2. The van der Waals surface area contributed by atoms with Crippen LogP contribution in [0.1, 0.15) is 16.7 Å². The molecule has 0 unspecified atom stereocenters. The largest absolute Gasteiger partial charge is 0.483 e. The Balaban J connectivity index is 1.88. The summed E-state index contributed by atoms with van der Waals surface area (Å²) >= 11 is 0. The van der Waals surface area contributed by atoms with Gasteiger partial charge in [-0.3, -0.25) is 9.59 Å². The van der Waals surface area contributed by atoms with Crippen LogP contribution in [0.2, 0.25) is 0 Å². The minimum Gasteiger partial charge on any atom is -0.483 e. The van der Waals surface area contributed by atoms with Crippen molar-refractivity contribution in [1.82, 2.24) is 4.90 Å². The monoisotopic (exact) mass is 340 g/mol. The third kappa shape index (κ3) is 5.64. The Morgan fingerprint density at radius 2 is 1.72 bits per heavy atom. The second-order valence-corrected chi connectivity index (χ2v) is 6.27. The summed E-state index contributed by atoms with van der Waals surface area (Å²) in [7, 11) is 3.46. The fourth-order valence-electron chi connectivity index (χ4n) is 2.24. The van der Waals surface area contributed by atoms with Gasteiger partial charge >= 0.3 is 0 Å². The summed E-state index contributed by atoms with van der Waals surface area (Å²) in [6.45, 7) is 3.88. The molecule has 0 fully saturated rings. The minimum absolute atomic E-state index is 0.0405. The first kappa shape index (κ1) is 18.5. The van der Waals surface area contributed by atoms with Crippen LogP contribution in [0.3, 0.4) is 0 Å². The smallest absolute Gasteiger partial charge is 0.262 e. The SMILES string of the molecule is Cc1ccc(C)c(OCC(=O)Nc2ccc(CC(=O)N(C)C)cc2)c1. The number of anilines is 1. The van der Waals surface area contributed by atoms with E-state index in [1.54, 1.807) is 31.1 Å². The summed E-state index contributed by atoms with van der Waals surface area (Å²) in [4.78, 5) is 25.3. The molecule has 25 heavy (non-hydrogen) atoms. The Labute approximate surface area is 148 Å². The molecule has 0 radical (unpaired) electrons. The molecule has 0 aromatic heterocycles. The molecule has 2 rings (SSSR count). The quantitative estimate of drug-likeness (QED) is 0.879. The Morgan fingerprint density at radius 3 is 2.36 bits per heavy atom. The molecule has 0 aliphatic rings. The van der Waals surface area contributed by atoms with Crippen molar-refractivity contribution in [3.05, 3.63) is 59.2 Å². The number of benzene rings is 2. The highest BCUT2D eigenvalue weighted by Crippen LogP contribution is 2.19. The molecule has 0 spiro atoms. The number of hydrogen-bond donors (Lipinski definition) is 1. The Hall–Kier alpha value is -2.82. The molecule has 2 aromatic rings. The molecule has 132 valence electrons. The van der Waals surface area contributed by atoms with Crippen molar-refractivity contribution < 1.29 is 14.3 Å². The Kier molecular flexibility index (Phi) is 6.17. The van der Waals surface area contributed by atoms with Gasteiger partial charge in [-0.05, 0) is 48.7 Å². The zero-order valence-electron chi connectivity index (χ0n) is 15.1. The van der Waals surface area contributed by atoms with E-state index >= 15 is 0 Å². The number of likely N-dealkylation sites (N-methyl/N-ethyl adjacent to an activating group) is 1. The molecule has 0 aliphatic heterocycles. The Morgan fingerprint density at radius 1 is 1.04 bits per heavy atom. The summed E-state index contributed by atoms with van der Waals surface area (Å²) in [5.41, 5.74) is 3.66. The first-order chi connectivity index (χ1) is 11.8. The molecule has 2 aromatic carbocycles. The van der Waals surface area contributed by atoms with Gasteiger partial charge in [-0.1, -0.05) is 24.3 Å². The van der Waals surface area contributed by atoms with Crippen LogP contribution in [0, 0.1) is 13.8 Å². The molecule has 5 heteroatoms. The van der Waals surface area contributed by atoms with E-state index in [4.69, 9.17) is 4.74 Å². The average Bonchev–Trinajstić information content (AvgIpc) is 2.57. The van der Waals surface area contributed by atoms with Gasteiger partial charge in [-0.2, -0.15) is 0 Å². The van der Waals surface area contributed by atoms with Crippen molar-refractivity contribution in [3.8, 4) is 5.75 Å². The van der Waals surface area contributed by atoms with E-state index in [0.717, 1.165) is 16.7 Å². The van der Waals surface area contributed by atoms with Crippen molar-refractivity contribution in [1.29, 1.82) is 0 Å². The van der Waals surface area contributed by atoms with E-state index < -0.39 is 0 Å². The van der Waals surface area contributed by atoms with Crippen molar-refractivity contribution in [2.24, 2.45) is 0 Å². The van der Waals surface area contributed by atoms with Gasteiger partial charge in [0.2, 0.25) is 5.91 Å². The summed E-state index contributed by atoms with van der Waals surface area (Å²) in [6.07, 6.45) is 0.344. The fourth-order valence-corrected chi connectivity index (χ4v) is 2.24. The van der Waals surface area contributed by atoms with Gasteiger partial charge in [0, 0.05) is 19.8 Å². The van der Waals surface area contributed by atoms with Gasteiger partial charge in [0.05, 0.1) is 6.42 Å². The fraction of sp³-hybridized carbons (Fsp3) is 0.300. The first-order valence-corrected chi connectivity index (χ1v) is 8.14. The van der Waals surface area contributed by atoms with E-state index in [9.17, 15) is 9.59 Å². The van der Waals surface area contributed by atoms with Crippen LogP contribution in [0.25, 0.3) is 0 Å². The highest BCUT2D eigenvalue weighted by molar-refractivity contribution is 5.92. The number of carbonyl (C=O) groups is 2. The minimum atomic E-state index is -0.224. The number of nitrogens with zero attached hydrogens (tertiary/aromatic N) is 1. The number of nitrogens with one attached hydrogen (secondary N) is 1. The molecule has 0 heterocycles. The predicted molar refractivity (Wildman–Crippen MR) is 98.9 cm³/mol. The van der Waals surface area contributed by atoms with Crippen molar-refractivity contribution >= 4 is 17.5 Å². The van der Waals surface area contributed by atoms with Gasteiger partial charge in [0.1, 0.15) is 5.75 Å². The van der Waals surface area contributed by atoms with Gasteiger partial charge in [0.25, 0.3) is 5.91 Å². The molecular formula is C20H24N2O3. The van der Waals surface area contributed by atoms with Crippen molar-refractivity contribution in [3.63, 3.8) is 0 Å². The summed E-state index contributed by atoms with van der Waals surface area (Å²) in [6, 6.07) is 13.1. The van der Waals surface area contributed by atoms with Crippen LogP contribution < -0.4 is 10.1 Å². The van der Waals surface area contributed by atoms with E-state index in [2.05, 4.69) is 5.32 Å². The Bertz CT molecular complexity index is 752. The average molecular weight is 340 g/mol. The number of rotatable bonds is 6. The number of ether oxygens (including phenoxy) is 1. The molecule has 0 atom stereocenters. The molecule has 0 saturated carbocycles. The maximum atomic E-state index is 12.0. The first-order valence-electron chi connectivity index (χ1n) is 8.14. The summed E-state index contributed by atoms with van der Waals surface area (Å²) in [5.74, 6) is 0.532. The summed E-state index contributed by atoms with van der Waals surface area (Å²) in [5, 5.41) is 2.79. The van der Waals surface area contributed by atoms with Crippen LogP contribution in [-0.4, -0.2) is 37.4 Å². The van der Waals surface area contributed by atoms with Crippen LogP contribution in [0.4, 0.5) is 5.69 Å². The van der Waals surface area contributed by atoms with Crippen LogP contribution in [0.15, 0.2) is 42.5 Å². The van der Waals surface area contributed by atoms with E-state index in [1.807, 2.05) is 44.2 Å². The van der Waals surface area contributed by atoms with Crippen LogP contribution in [0.5, 0.6) is 5.75 Å². The summed E-state index contributed by atoms with van der Waals surface area (Å²) < 4.78 is 5.59. The second kappa shape index (κ2) is 8.33. The van der Waals surface area contributed by atoms with Gasteiger partial charge in [0.15, 0.2) is 6.61 Å². The van der Waals surface area contributed by atoms with Crippen molar-refractivity contribution in [2.45, 2.75) is 20.3 Å². The zero-order valence-corrected chi connectivity index (χ0v) is 15.1. The van der Waals surface area contributed by atoms with E-state index in [1.165, 1.54) is 0 Å². The van der Waals surface area contributed by atoms with Gasteiger partial charge in [-0.15, -0.1) is 0 Å². The topological polar surface area (TPSA) is 58.6 Å². The predicted octanol–water partition coefficient (Wildman–Crippen LogP) is 2.95. The normalized spacial score (nSPS) is 10.2. The number of aryl methyl sites for hydroxylation is 2. The standard InChI is InChI=1S/C20H24N2O3/c1-14-5-6-15(2)18(11-14)25-13-19(23)21-17-9-7-16(8-10-17)12-20(24)22(3)4/h5-11H,12-13H2,1-4H3,(H,21,23). The van der Waals surface area contributed by atoms with Crippen LogP contribution in [-0.2, 0) is 16.0 Å². The highest BCUT2D eigenvalue weighted by Gasteiger charge is 2.08. The molecule has 2 amide bonds. The third-order valence-corrected chi connectivity index (χ3v) is 3.79. The van der Waals surface area contributed by atoms with Crippen LogP contribution >= 0.6 is 0 Å². The lowest BCUT2D eigenvalue weighted by atomic mass is 10.1.